The van der Waals surface area contributed by atoms with Crippen molar-refractivity contribution in [2.24, 2.45) is 0 Å². The van der Waals surface area contributed by atoms with E-state index in [0.29, 0.717) is 28.3 Å². The van der Waals surface area contributed by atoms with E-state index in [1.54, 1.807) is 85.1 Å². The Morgan fingerprint density at radius 1 is 0.242 bits per heavy atom. The Bertz CT molecular complexity index is 9240. The van der Waals surface area contributed by atoms with Crippen molar-refractivity contribution < 1.29 is 76.8 Å². The van der Waals surface area contributed by atoms with Crippen molar-refractivity contribution in [1.29, 1.82) is 0 Å². The topological polar surface area (TPSA) is 74.3 Å². The minimum Gasteiger partial charge on any atom is -0.309 e. The van der Waals surface area contributed by atoms with Gasteiger partial charge in [0.05, 0.1) is 22.1 Å². The second-order valence-electron chi connectivity index (χ2n) is 34.8. The molecule has 7 nitrogen and oxygen atoms in total. The molecule has 149 heavy (non-hydrogen) atoms. The summed E-state index contributed by atoms with van der Waals surface area (Å²) in [5.41, 5.74) is 26.5. The maximum absolute atomic E-state index is 7.44. The van der Waals surface area contributed by atoms with Crippen molar-refractivity contribution >= 4 is 107 Å². The molecule has 0 saturated heterocycles. The van der Waals surface area contributed by atoms with Gasteiger partial charge in [-0.05, 0) is 231 Å². The number of thiophene rings is 1. The number of hydrogen-bond donors (Lipinski definition) is 0. The van der Waals surface area contributed by atoms with E-state index in [-0.39, 0.29) is 83.0 Å². The van der Waals surface area contributed by atoms with Gasteiger partial charge in [-0.2, -0.15) is 0 Å². The number of aryl methyl sites for hydroxylation is 5. The Kier molecular flexibility index (Phi) is 28.7. The Labute approximate surface area is 931 Å². The number of aromatic nitrogens is 7. The number of fused-ring (bicyclic) bond motifs is 15. The molecule has 0 amide bonds. The molecule has 2 radical (unpaired) electrons. The molecule has 11 heteroatoms. The molecule has 0 aliphatic heterocycles. The van der Waals surface area contributed by atoms with Crippen molar-refractivity contribution in [2.75, 3.05) is 0 Å². The third kappa shape index (κ3) is 23.3. The molecule has 722 valence electrons. The molecule has 0 atom stereocenters. The summed E-state index contributed by atoms with van der Waals surface area (Å²) in [6, 6.07) is 185. The minimum atomic E-state index is -2.16. The van der Waals surface area contributed by atoms with Crippen LogP contribution in [0.5, 0.6) is 0 Å². The molecule has 0 spiro atoms. The van der Waals surface area contributed by atoms with Crippen LogP contribution in [-0.4, -0.2) is 34.1 Å². The molecule has 0 unspecified atom stereocenters. The van der Waals surface area contributed by atoms with Crippen molar-refractivity contribution in [1.82, 2.24) is 34.1 Å². The molecule has 0 saturated carbocycles. The van der Waals surface area contributed by atoms with Crippen LogP contribution in [0.3, 0.4) is 0 Å². The summed E-state index contributed by atoms with van der Waals surface area (Å²) in [6.07, 6.45) is 3.53. The number of para-hydroxylation sites is 4. The Morgan fingerprint density at radius 2 is 0.604 bits per heavy atom. The SMILES string of the molecule is Cc1cc(-c2[c-]cccc2)ncc1-c1ccccc1.[2H]C([2H])([2H])c1cccc(-c2[c-]cccc2)n1.[2H]C([2H])([2H])c1cccc(-c2[c-]cccc2)n1.[2H]C([2H])([2H])c1cccc(-c2[c-]cccc2)n1.[2H]C([2H])([2H])c1cccnc1-c1[c-]cccc1.[Ir+3].[Ir].[Ir].c1cc(-c2ccc3c4ccccc4c4ccccc4c3c2)cc(-c2cccc3c2sc2ccccc23)c1.c1ccc2c(c1)c1ccccc1n2-c1ccc(-c2ccc(-n3c4ccccc4c4ccccc43)cc2)cc1. The van der Waals surface area contributed by atoms with E-state index in [2.05, 4.69) is 369 Å². The second-order valence-corrected chi connectivity index (χ2v) is 35.9. The van der Waals surface area contributed by atoms with Crippen LogP contribution in [0.25, 0.3) is 208 Å². The molecular formula is C138H100Ir3N7S-2. The van der Waals surface area contributed by atoms with Gasteiger partial charge in [0.1, 0.15) is 0 Å². The van der Waals surface area contributed by atoms with E-state index in [1.165, 1.54) is 176 Å². The molecule has 0 N–H and O–H groups in total. The first-order valence-corrected chi connectivity index (χ1v) is 49.0. The van der Waals surface area contributed by atoms with Crippen LogP contribution in [0.4, 0.5) is 0 Å². The number of nitrogens with zero attached hydrogens (tertiary/aromatic N) is 7. The van der Waals surface area contributed by atoms with Gasteiger partial charge in [-0.3, -0.25) is 0 Å². The van der Waals surface area contributed by atoms with Gasteiger partial charge in [-0.25, -0.2) is 0 Å². The molecule has 0 aliphatic carbocycles. The largest absolute Gasteiger partial charge is 3.00 e. The standard InChI is InChI=1S/C36H24N2.C36H22S.C18H14N.4C12H10N.3Ir/c1-5-13-33-29(9-1)30-10-2-6-14-34(30)37(33)27-21-17-25(18-22-27)26-19-23-28(24-20-26)38-35-15-7-3-11-31(35)32-12-4-8-16-36(32)38;1-2-13-29-27(11-1)28-12-3-4-14-30(28)34-22-24(19-20-31(29)34)23-9-7-10-25(21-23)26-16-8-17-33-32-15-5-6-18-35(32)37-36(26)33;1-14-12-18(16-10-6-3-7-11-16)19-13-17(14)15-8-4-2-5-9-15;1-10-6-5-9-13-12(10)11-7-3-2-4-8-11;3*1-10-6-5-9-12(13-10)11-7-3-2-4-8-11;;;/h1-24H;1-22H;2-10,12-13H,1H3;4*2-7,9H,1H3;;;/q;;5*-1;;;+3/i;;;4*1D3;;;. The third-order valence-corrected chi connectivity index (χ3v) is 26.8. The zero-order valence-corrected chi connectivity index (χ0v) is 88.6. The van der Waals surface area contributed by atoms with Crippen molar-refractivity contribution in [3.05, 3.63) is 574 Å². The first-order valence-electron chi connectivity index (χ1n) is 54.1. The van der Waals surface area contributed by atoms with Gasteiger partial charge in [0.15, 0.2) is 0 Å². The zero-order valence-electron chi connectivity index (χ0n) is 92.6. The molecule has 8 heterocycles. The Morgan fingerprint density at radius 3 is 1.05 bits per heavy atom. The Balaban J connectivity index is 0.000000125. The van der Waals surface area contributed by atoms with Crippen LogP contribution in [0, 0.1) is 64.7 Å². The second kappa shape index (κ2) is 48.7. The molecule has 0 fully saturated rings. The number of benzene rings is 19. The van der Waals surface area contributed by atoms with Gasteiger partial charge in [0, 0.05) is 145 Å². The van der Waals surface area contributed by atoms with Crippen LogP contribution in [0.15, 0.2) is 516 Å². The molecule has 27 aromatic rings. The normalized spacial score (nSPS) is 12.2. The van der Waals surface area contributed by atoms with Crippen molar-refractivity contribution in [3.63, 3.8) is 0 Å². The molecule has 0 aliphatic rings. The van der Waals surface area contributed by atoms with Gasteiger partial charge in [0.2, 0.25) is 0 Å². The molecule has 8 aromatic heterocycles. The van der Waals surface area contributed by atoms with Crippen LogP contribution in [-0.2, 0) is 60.3 Å². The summed E-state index contributed by atoms with van der Waals surface area (Å²) in [7, 11) is 0. The van der Waals surface area contributed by atoms with Gasteiger partial charge in [-0.1, -0.05) is 297 Å². The molecule has 27 rings (SSSR count). The summed E-state index contributed by atoms with van der Waals surface area (Å²) in [5, 5.41) is 15.7. The molecular weight excluding hydrogens is 2360 g/mol. The van der Waals surface area contributed by atoms with Crippen LogP contribution in [0.1, 0.15) is 44.7 Å². The zero-order chi connectivity index (χ0) is 109. The predicted octanol–water partition coefficient (Wildman–Crippen LogP) is 36.3. The smallest absolute Gasteiger partial charge is 0.309 e. The van der Waals surface area contributed by atoms with Crippen molar-refractivity contribution in [2.45, 2.75) is 34.3 Å². The van der Waals surface area contributed by atoms with E-state index < -0.39 is 27.4 Å². The average molecular weight is 2480 g/mol. The number of rotatable bonds is 11. The number of hydrogen-bond acceptors (Lipinski definition) is 6. The van der Waals surface area contributed by atoms with Gasteiger partial charge >= 0.3 is 20.1 Å². The molecule has 19 aromatic carbocycles. The maximum Gasteiger partial charge on any atom is 3.00 e. The first kappa shape index (κ1) is 87.8. The van der Waals surface area contributed by atoms with E-state index in [0.717, 1.165) is 27.9 Å². The van der Waals surface area contributed by atoms with E-state index >= 15 is 0 Å². The van der Waals surface area contributed by atoms with Gasteiger partial charge < -0.3 is 34.1 Å². The van der Waals surface area contributed by atoms with E-state index in [1.807, 2.05) is 127 Å². The summed E-state index contributed by atoms with van der Waals surface area (Å²) in [5.74, 6) is 0. The summed E-state index contributed by atoms with van der Waals surface area (Å²) in [6.45, 7) is -6.51. The third-order valence-electron chi connectivity index (χ3n) is 25.6. The fourth-order valence-corrected chi connectivity index (χ4v) is 19.9. The maximum atomic E-state index is 7.44. The van der Waals surface area contributed by atoms with Gasteiger partial charge in [0.25, 0.3) is 0 Å². The monoisotopic (exact) mass is 2480 g/mol. The fraction of sp³-hybridized carbons (Fsp3) is 0.0362. The number of pyridine rings is 5. The summed E-state index contributed by atoms with van der Waals surface area (Å²) >= 11 is 1.89. The van der Waals surface area contributed by atoms with Crippen LogP contribution < -0.4 is 0 Å². The fourth-order valence-electron chi connectivity index (χ4n) is 18.7. The quantitative estimate of drug-likeness (QED) is 0.0953. The summed E-state index contributed by atoms with van der Waals surface area (Å²) in [4.78, 5) is 21.0. The average Bonchev–Trinajstić information content (AvgIpc) is 1.73. The van der Waals surface area contributed by atoms with E-state index in [9.17, 15) is 0 Å². The van der Waals surface area contributed by atoms with Crippen LogP contribution >= 0.6 is 11.3 Å². The Hall–Kier alpha value is -16.5. The minimum absolute atomic E-state index is 0. The van der Waals surface area contributed by atoms with Crippen molar-refractivity contribution in [3.8, 4) is 112 Å². The van der Waals surface area contributed by atoms with E-state index in [4.69, 9.17) is 16.4 Å². The summed E-state index contributed by atoms with van der Waals surface area (Å²) < 4.78 is 95.4. The van der Waals surface area contributed by atoms with Gasteiger partial charge in [-0.15, -0.1) is 191 Å². The van der Waals surface area contributed by atoms with Crippen LogP contribution in [0.2, 0.25) is 0 Å². The predicted molar refractivity (Wildman–Crippen MR) is 615 cm³/mol. The first-order chi connectivity index (χ1) is 76.9. The molecule has 0 bridgehead atoms.